The number of aliphatic carboxylic acids is 1. The van der Waals surface area contributed by atoms with Crippen molar-refractivity contribution in [1.82, 2.24) is 9.88 Å². The Balaban J connectivity index is 1.80. The number of carbonyl (C=O) groups excluding carboxylic acids is 1. The molecule has 4 rings (SSSR count). The number of benzene rings is 2. The van der Waals surface area contributed by atoms with Crippen LogP contribution >= 0.6 is 22.9 Å². The van der Waals surface area contributed by atoms with Gasteiger partial charge in [-0.15, -0.1) is 11.3 Å². The van der Waals surface area contributed by atoms with E-state index in [9.17, 15) is 14.7 Å². The van der Waals surface area contributed by atoms with Gasteiger partial charge in [0.2, 0.25) is 5.91 Å². The summed E-state index contributed by atoms with van der Waals surface area (Å²) in [5, 5.41) is 21.4. The van der Waals surface area contributed by atoms with Crippen molar-refractivity contribution in [1.29, 1.82) is 0 Å². The molecular weight excluding hydrogens is 436 g/mol. The molecule has 1 fully saturated rings. The Bertz CT molecular complexity index is 1110. The molecule has 0 unspecified atom stereocenters. The van der Waals surface area contributed by atoms with Crippen LogP contribution in [0.3, 0.4) is 0 Å². The molecule has 1 amide bonds. The largest absolute Gasteiger partial charge is 0.478 e. The number of halogens is 1. The first-order valence-electron chi connectivity index (χ1n) is 9.93. The molecular formula is C23H21ClN2O4S. The van der Waals surface area contributed by atoms with E-state index in [2.05, 4.69) is 0 Å². The van der Waals surface area contributed by atoms with Gasteiger partial charge in [0.25, 0.3) is 0 Å². The highest BCUT2D eigenvalue weighted by Crippen LogP contribution is 2.41. The Morgan fingerprint density at radius 2 is 1.97 bits per heavy atom. The molecule has 2 aromatic carbocycles. The topological polar surface area (TPSA) is 90.7 Å². The smallest absolute Gasteiger partial charge is 0.328 e. The number of amides is 1. The van der Waals surface area contributed by atoms with Gasteiger partial charge in [-0.05, 0) is 48.6 Å². The van der Waals surface area contributed by atoms with Gasteiger partial charge < -0.3 is 15.1 Å². The average molecular weight is 457 g/mol. The van der Waals surface area contributed by atoms with Crippen LogP contribution in [0.15, 0.2) is 60.7 Å². The molecule has 2 atom stereocenters. The van der Waals surface area contributed by atoms with Crippen molar-refractivity contribution < 1.29 is 19.8 Å². The number of carbonyl (C=O) groups is 2. The number of carboxylic acid groups (broad SMARTS) is 1. The number of carboxylic acids is 1. The van der Waals surface area contributed by atoms with Crippen LogP contribution < -0.4 is 0 Å². The zero-order valence-corrected chi connectivity index (χ0v) is 18.1. The Morgan fingerprint density at radius 3 is 2.65 bits per heavy atom. The minimum absolute atomic E-state index is 0.325. The van der Waals surface area contributed by atoms with Gasteiger partial charge in [-0.2, -0.15) is 0 Å². The highest BCUT2D eigenvalue weighted by atomic mass is 35.5. The van der Waals surface area contributed by atoms with E-state index in [4.69, 9.17) is 21.7 Å². The molecule has 1 saturated carbocycles. The van der Waals surface area contributed by atoms with Gasteiger partial charge in [0.15, 0.2) is 0 Å². The maximum atomic E-state index is 13.1. The predicted molar refractivity (Wildman–Crippen MR) is 120 cm³/mol. The number of aliphatic hydroxyl groups is 1. The van der Waals surface area contributed by atoms with E-state index in [-0.39, 0.29) is 0 Å². The van der Waals surface area contributed by atoms with Gasteiger partial charge in [0.05, 0.1) is 10.2 Å². The number of fused-ring (bicyclic) bond motifs is 1. The Labute approximate surface area is 188 Å². The van der Waals surface area contributed by atoms with Crippen molar-refractivity contribution in [2.24, 2.45) is 5.92 Å². The van der Waals surface area contributed by atoms with Gasteiger partial charge in [-0.25, -0.2) is 9.78 Å². The van der Waals surface area contributed by atoms with E-state index in [1.165, 1.54) is 11.3 Å². The third-order valence-electron chi connectivity index (χ3n) is 5.19. The van der Waals surface area contributed by atoms with E-state index in [0.717, 1.165) is 35.2 Å². The highest BCUT2D eigenvalue weighted by molar-refractivity contribution is 7.18. The lowest BCUT2D eigenvalue weighted by Crippen LogP contribution is -2.38. The Morgan fingerprint density at radius 1 is 1.19 bits per heavy atom. The predicted octanol–water partition coefficient (Wildman–Crippen LogP) is 4.60. The lowest BCUT2D eigenvalue weighted by molar-refractivity contribution is -0.134. The number of nitrogens with zero attached hydrogens (tertiary/aromatic N) is 2. The molecule has 0 radical (unpaired) electrons. The summed E-state index contributed by atoms with van der Waals surface area (Å²) in [6.45, 7) is 0.418. The second-order valence-corrected chi connectivity index (χ2v) is 9.07. The molecule has 1 aromatic heterocycles. The molecule has 0 bridgehead atoms. The molecule has 1 aliphatic rings. The first kappa shape index (κ1) is 21.5. The number of hydrogen-bond acceptors (Lipinski definition) is 5. The summed E-state index contributed by atoms with van der Waals surface area (Å²) < 4.78 is 0.945. The van der Waals surface area contributed by atoms with Crippen LogP contribution in [0, 0.1) is 5.92 Å². The maximum absolute atomic E-state index is 13.1. The van der Waals surface area contributed by atoms with Crippen molar-refractivity contribution in [3.8, 4) is 0 Å². The molecule has 1 heterocycles. The lowest BCUT2D eigenvalue weighted by atomic mass is 10.0. The van der Waals surface area contributed by atoms with Gasteiger partial charge >= 0.3 is 5.97 Å². The van der Waals surface area contributed by atoms with Crippen LogP contribution in [0.5, 0.6) is 0 Å². The van der Waals surface area contributed by atoms with Crippen molar-refractivity contribution in [2.75, 3.05) is 6.54 Å². The molecule has 3 aromatic rings. The van der Waals surface area contributed by atoms with E-state index in [1.54, 1.807) is 29.2 Å². The van der Waals surface area contributed by atoms with E-state index < -0.39 is 24.0 Å². The van der Waals surface area contributed by atoms with Crippen LogP contribution in [-0.4, -0.2) is 38.5 Å². The first-order valence-corrected chi connectivity index (χ1v) is 11.1. The number of thiazole rings is 1. The summed E-state index contributed by atoms with van der Waals surface area (Å²) in [5.41, 5.74) is 1.35. The van der Waals surface area contributed by atoms with Gasteiger partial charge in [-0.1, -0.05) is 35.9 Å². The van der Waals surface area contributed by atoms with Crippen LogP contribution in [0.2, 0.25) is 5.02 Å². The average Bonchev–Trinajstić information content (AvgIpc) is 3.47. The van der Waals surface area contributed by atoms with Crippen LogP contribution in [0.4, 0.5) is 0 Å². The fourth-order valence-corrected chi connectivity index (χ4v) is 4.80. The van der Waals surface area contributed by atoms with Crippen LogP contribution in [0.1, 0.15) is 35.6 Å². The number of hydrogen-bond donors (Lipinski definition) is 2. The molecule has 31 heavy (non-hydrogen) atoms. The normalized spacial score (nSPS) is 15.8. The van der Waals surface area contributed by atoms with Crippen molar-refractivity contribution >= 4 is 45.0 Å². The van der Waals surface area contributed by atoms with E-state index in [0.29, 0.717) is 28.1 Å². The third-order valence-corrected chi connectivity index (χ3v) is 6.53. The number of para-hydroxylation sites is 1. The molecule has 1 aliphatic carbocycles. The zero-order chi connectivity index (χ0) is 22.0. The quantitative estimate of drug-likeness (QED) is 0.483. The van der Waals surface area contributed by atoms with Crippen LogP contribution in [-0.2, 0) is 9.59 Å². The second kappa shape index (κ2) is 9.18. The Kier molecular flexibility index (Phi) is 6.36. The fraction of sp³-hybridized carbons (Fsp3) is 0.261. The molecule has 8 heteroatoms. The van der Waals surface area contributed by atoms with Gasteiger partial charge in [0, 0.05) is 23.7 Å². The third kappa shape index (κ3) is 5.12. The molecule has 0 aliphatic heterocycles. The summed E-state index contributed by atoms with van der Waals surface area (Å²) in [7, 11) is 0. The standard InChI is InChI=1S/C23H21ClN2O4S/c24-16-5-3-4-15(12-16)22(30)21(23-25-17-6-1-2-7-18(17)31-23)26(13-14-8-9-14)19(27)10-11-20(28)29/h1-7,10-12,14,21-22,30H,8-9,13H2,(H,28,29)/t21-,22+/m1/s1. The number of aromatic nitrogens is 1. The summed E-state index contributed by atoms with van der Waals surface area (Å²) in [4.78, 5) is 30.3. The lowest BCUT2D eigenvalue weighted by Gasteiger charge is -2.33. The minimum atomic E-state index is -1.20. The second-order valence-electron chi connectivity index (χ2n) is 7.57. The highest BCUT2D eigenvalue weighted by Gasteiger charge is 2.37. The summed E-state index contributed by atoms with van der Waals surface area (Å²) in [6, 6.07) is 13.7. The van der Waals surface area contributed by atoms with Crippen molar-refractivity contribution in [3.63, 3.8) is 0 Å². The molecule has 2 N–H and O–H groups in total. The number of rotatable bonds is 8. The SMILES string of the molecule is O=C(O)C=CC(=O)N(CC1CC1)[C@@H](c1nc2ccccc2s1)[C@@H](O)c1cccc(Cl)c1. The Hall–Kier alpha value is -2.74. The zero-order valence-electron chi connectivity index (χ0n) is 16.5. The summed E-state index contributed by atoms with van der Waals surface area (Å²) in [5.74, 6) is -1.35. The summed E-state index contributed by atoms with van der Waals surface area (Å²) in [6.07, 6.45) is 2.76. The monoisotopic (exact) mass is 456 g/mol. The van der Waals surface area contributed by atoms with Gasteiger partial charge in [0.1, 0.15) is 17.2 Å². The van der Waals surface area contributed by atoms with Crippen molar-refractivity contribution in [3.05, 3.63) is 76.3 Å². The van der Waals surface area contributed by atoms with E-state index >= 15 is 0 Å². The van der Waals surface area contributed by atoms with E-state index in [1.807, 2.05) is 24.3 Å². The first-order chi connectivity index (χ1) is 14.9. The van der Waals surface area contributed by atoms with Gasteiger partial charge in [-0.3, -0.25) is 4.79 Å². The molecule has 160 valence electrons. The molecule has 0 spiro atoms. The van der Waals surface area contributed by atoms with Crippen LogP contribution in [0.25, 0.3) is 10.2 Å². The summed E-state index contributed by atoms with van der Waals surface area (Å²) >= 11 is 7.56. The number of aliphatic hydroxyl groups excluding tert-OH is 1. The maximum Gasteiger partial charge on any atom is 0.328 e. The fourth-order valence-electron chi connectivity index (χ4n) is 3.49. The minimum Gasteiger partial charge on any atom is -0.478 e. The molecule has 6 nitrogen and oxygen atoms in total. The van der Waals surface area contributed by atoms with Crippen molar-refractivity contribution in [2.45, 2.75) is 25.0 Å². The molecule has 0 saturated heterocycles.